The zero-order chi connectivity index (χ0) is 19.8. The predicted octanol–water partition coefficient (Wildman–Crippen LogP) is 2.46. The van der Waals surface area contributed by atoms with E-state index in [2.05, 4.69) is 5.32 Å². The van der Waals surface area contributed by atoms with Gasteiger partial charge in [-0.3, -0.25) is 9.59 Å². The number of carbonyl (C=O) groups is 2. The molecule has 1 aliphatic heterocycles. The molecule has 2 amide bonds. The number of thioether (sulfide) groups is 1. The summed E-state index contributed by atoms with van der Waals surface area (Å²) in [6, 6.07) is 17.0. The fourth-order valence-electron chi connectivity index (χ4n) is 2.87. The van der Waals surface area contributed by atoms with Crippen LogP contribution in [0, 0.1) is 0 Å². The number of fused-ring (bicyclic) bond motifs is 1. The average Bonchev–Trinajstić information content (AvgIpc) is 2.74. The number of anilines is 1. The van der Waals surface area contributed by atoms with E-state index in [1.54, 1.807) is 28.8 Å². The summed E-state index contributed by atoms with van der Waals surface area (Å²) in [6.07, 6.45) is -0.580. The quantitative estimate of drug-likeness (QED) is 0.712. The lowest BCUT2D eigenvalue weighted by atomic mass is 10.2. The third-order valence-electron chi connectivity index (χ3n) is 4.32. The molecule has 28 heavy (non-hydrogen) atoms. The number of carbonyl (C=O) groups excluding carboxylic acids is 2. The Hall–Kier alpha value is -2.51. The second-order valence-corrected chi connectivity index (χ2v) is 7.58. The van der Waals surface area contributed by atoms with Gasteiger partial charge in [0, 0.05) is 36.6 Å². The Labute approximate surface area is 168 Å². The van der Waals surface area contributed by atoms with Crippen LogP contribution in [0.4, 0.5) is 5.69 Å². The second kappa shape index (κ2) is 10.1. The standard InChI is InChI=1S/C21H24N2O4S/c24-16(15-27-17-6-2-1-3-7-17)14-22-20(25)10-11-21(26)23-12-13-28-19-9-5-4-8-18(19)23/h1-9,16,24H,10-15H2,(H,22,25). The Morgan fingerprint density at radius 3 is 2.68 bits per heavy atom. The van der Waals surface area contributed by atoms with Crippen LogP contribution in [0.3, 0.4) is 0 Å². The van der Waals surface area contributed by atoms with Gasteiger partial charge in [-0.05, 0) is 24.3 Å². The van der Waals surface area contributed by atoms with Gasteiger partial charge >= 0.3 is 0 Å². The van der Waals surface area contributed by atoms with Crippen LogP contribution in [-0.2, 0) is 9.59 Å². The highest BCUT2D eigenvalue weighted by Gasteiger charge is 2.22. The molecule has 1 heterocycles. The van der Waals surface area contributed by atoms with Crippen molar-refractivity contribution < 1.29 is 19.4 Å². The molecule has 1 atom stereocenters. The van der Waals surface area contributed by atoms with Gasteiger partial charge in [0.15, 0.2) is 0 Å². The van der Waals surface area contributed by atoms with E-state index in [0.29, 0.717) is 12.3 Å². The van der Waals surface area contributed by atoms with Gasteiger partial charge in [-0.1, -0.05) is 30.3 Å². The van der Waals surface area contributed by atoms with Crippen molar-refractivity contribution in [2.24, 2.45) is 0 Å². The van der Waals surface area contributed by atoms with Gasteiger partial charge in [-0.2, -0.15) is 0 Å². The van der Waals surface area contributed by atoms with Crippen molar-refractivity contribution >= 4 is 29.3 Å². The van der Waals surface area contributed by atoms with Crippen LogP contribution in [-0.4, -0.2) is 48.5 Å². The van der Waals surface area contributed by atoms with Gasteiger partial charge < -0.3 is 20.1 Å². The molecule has 0 saturated heterocycles. The number of aliphatic hydroxyl groups is 1. The molecule has 0 bridgehead atoms. The van der Waals surface area contributed by atoms with Crippen LogP contribution in [0.2, 0.25) is 0 Å². The number of aliphatic hydroxyl groups excluding tert-OH is 1. The zero-order valence-electron chi connectivity index (χ0n) is 15.5. The molecule has 3 rings (SSSR count). The Balaban J connectivity index is 1.38. The molecule has 2 N–H and O–H groups in total. The van der Waals surface area contributed by atoms with Crippen LogP contribution < -0.4 is 15.0 Å². The van der Waals surface area contributed by atoms with Crippen LogP contribution in [0.5, 0.6) is 5.75 Å². The highest BCUT2D eigenvalue weighted by Crippen LogP contribution is 2.34. The molecule has 2 aromatic carbocycles. The molecular formula is C21H24N2O4S. The number of nitrogens with zero attached hydrogens (tertiary/aromatic N) is 1. The van der Waals surface area contributed by atoms with Crippen molar-refractivity contribution in [3.05, 3.63) is 54.6 Å². The molecule has 0 fully saturated rings. The molecule has 1 aliphatic rings. The predicted molar refractivity (Wildman–Crippen MR) is 110 cm³/mol. The van der Waals surface area contributed by atoms with Crippen molar-refractivity contribution in [2.45, 2.75) is 23.8 Å². The molecule has 0 saturated carbocycles. The minimum atomic E-state index is -0.814. The number of amides is 2. The van der Waals surface area contributed by atoms with Gasteiger partial charge in [-0.25, -0.2) is 0 Å². The third-order valence-corrected chi connectivity index (χ3v) is 5.36. The summed E-state index contributed by atoms with van der Waals surface area (Å²) in [5, 5.41) is 12.6. The van der Waals surface area contributed by atoms with Crippen molar-refractivity contribution in [3.63, 3.8) is 0 Å². The van der Waals surface area contributed by atoms with Gasteiger partial charge in [0.1, 0.15) is 18.5 Å². The lowest BCUT2D eigenvalue weighted by Crippen LogP contribution is -2.38. The van der Waals surface area contributed by atoms with Crippen molar-refractivity contribution in [3.8, 4) is 5.75 Å². The summed E-state index contributed by atoms with van der Waals surface area (Å²) in [5.74, 6) is 1.20. The van der Waals surface area contributed by atoms with E-state index in [0.717, 1.165) is 16.3 Å². The van der Waals surface area contributed by atoms with Crippen LogP contribution in [0.15, 0.2) is 59.5 Å². The topological polar surface area (TPSA) is 78.9 Å². The lowest BCUT2D eigenvalue weighted by molar-refractivity contribution is -0.125. The van der Waals surface area contributed by atoms with E-state index < -0.39 is 6.10 Å². The van der Waals surface area contributed by atoms with E-state index in [4.69, 9.17) is 4.74 Å². The smallest absolute Gasteiger partial charge is 0.227 e. The zero-order valence-corrected chi connectivity index (χ0v) is 16.4. The van der Waals surface area contributed by atoms with Crippen LogP contribution >= 0.6 is 11.8 Å². The molecular weight excluding hydrogens is 376 g/mol. The first-order valence-corrected chi connectivity index (χ1v) is 10.3. The first kappa shape index (κ1) is 20.2. The number of nitrogens with one attached hydrogen (secondary N) is 1. The minimum Gasteiger partial charge on any atom is -0.491 e. The average molecular weight is 401 g/mol. The maximum atomic E-state index is 12.5. The SMILES string of the molecule is O=C(CCC(=O)N1CCSc2ccccc21)NCC(O)COc1ccccc1. The maximum absolute atomic E-state index is 12.5. The van der Waals surface area contributed by atoms with E-state index in [1.807, 2.05) is 42.5 Å². The van der Waals surface area contributed by atoms with E-state index in [9.17, 15) is 14.7 Å². The van der Waals surface area contributed by atoms with Crippen LogP contribution in [0.25, 0.3) is 0 Å². The fourth-order valence-corrected chi connectivity index (χ4v) is 3.87. The molecule has 0 radical (unpaired) electrons. The normalized spacial score (nSPS) is 14.1. The Bertz CT molecular complexity index is 800. The molecule has 7 heteroatoms. The van der Waals surface area contributed by atoms with Gasteiger partial charge in [0.25, 0.3) is 0 Å². The fraction of sp³-hybridized carbons (Fsp3) is 0.333. The molecule has 0 spiro atoms. The van der Waals surface area contributed by atoms with Crippen molar-refractivity contribution in [1.29, 1.82) is 0 Å². The Morgan fingerprint density at radius 2 is 1.86 bits per heavy atom. The van der Waals surface area contributed by atoms with Gasteiger partial charge in [0.2, 0.25) is 11.8 Å². The molecule has 0 aromatic heterocycles. The van der Waals surface area contributed by atoms with Crippen molar-refractivity contribution in [1.82, 2.24) is 5.32 Å². The molecule has 6 nitrogen and oxygen atoms in total. The van der Waals surface area contributed by atoms with Crippen molar-refractivity contribution in [2.75, 3.05) is 30.3 Å². The molecule has 2 aromatic rings. The highest BCUT2D eigenvalue weighted by molar-refractivity contribution is 7.99. The largest absolute Gasteiger partial charge is 0.491 e. The first-order valence-electron chi connectivity index (χ1n) is 9.28. The van der Waals surface area contributed by atoms with E-state index in [1.165, 1.54) is 0 Å². The third kappa shape index (κ3) is 5.74. The summed E-state index contributed by atoms with van der Waals surface area (Å²) >= 11 is 1.74. The number of ether oxygens (including phenoxy) is 1. The summed E-state index contributed by atoms with van der Waals surface area (Å²) in [6.45, 7) is 0.826. The first-order chi connectivity index (χ1) is 13.6. The highest BCUT2D eigenvalue weighted by atomic mass is 32.2. The number of hydrogen-bond donors (Lipinski definition) is 2. The summed E-state index contributed by atoms with van der Waals surface area (Å²) < 4.78 is 5.45. The van der Waals surface area contributed by atoms with Gasteiger partial charge in [0.05, 0.1) is 5.69 Å². The number of para-hydroxylation sites is 2. The van der Waals surface area contributed by atoms with E-state index >= 15 is 0 Å². The lowest BCUT2D eigenvalue weighted by Gasteiger charge is -2.29. The number of hydrogen-bond acceptors (Lipinski definition) is 5. The number of benzene rings is 2. The maximum Gasteiger partial charge on any atom is 0.227 e. The summed E-state index contributed by atoms with van der Waals surface area (Å²) in [4.78, 5) is 27.4. The summed E-state index contributed by atoms with van der Waals surface area (Å²) in [7, 11) is 0. The Morgan fingerprint density at radius 1 is 1.11 bits per heavy atom. The molecule has 148 valence electrons. The van der Waals surface area contributed by atoms with Gasteiger partial charge in [-0.15, -0.1) is 11.8 Å². The molecule has 1 unspecified atom stereocenters. The van der Waals surface area contributed by atoms with Crippen LogP contribution in [0.1, 0.15) is 12.8 Å². The molecule has 0 aliphatic carbocycles. The Kier molecular flexibility index (Phi) is 7.33. The minimum absolute atomic E-state index is 0.0594. The van der Waals surface area contributed by atoms with E-state index in [-0.39, 0.29) is 37.8 Å². The summed E-state index contributed by atoms with van der Waals surface area (Å²) in [5.41, 5.74) is 0.914. The monoisotopic (exact) mass is 400 g/mol. The number of rotatable bonds is 8. The second-order valence-electron chi connectivity index (χ2n) is 6.44.